The molecular weight excluding hydrogens is 490 g/mol. The normalized spacial score (nSPS) is 14.9. The number of hydrogen-bond acceptors (Lipinski definition) is 5. The Morgan fingerprint density at radius 3 is 1.88 bits per heavy atom. The van der Waals surface area contributed by atoms with Gasteiger partial charge in [-0.05, 0) is 0 Å². The predicted octanol–water partition coefficient (Wildman–Crippen LogP) is 6.10. The first-order valence-electron chi connectivity index (χ1n) is 7.57. The first-order chi connectivity index (χ1) is 12.5. The van der Waals surface area contributed by atoms with Gasteiger partial charge in [0.15, 0.2) is 0 Å². The second-order valence-electron chi connectivity index (χ2n) is 5.36. The van der Waals surface area contributed by atoms with Crippen LogP contribution in [0.5, 0.6) is 11.5 Å². The summed E-state index contributed by atoms with van der Waals surface area (Å²) in [6.07, 6.45) is 0. The molecule has 0 amide bonds. The van der Waals surface area contributed by atoms with Gasteiger partial charge in [0, 0.05) is 0 Å². The molecule has 0 aliphatic carbocycles. The van der Waals surface area contributed by atoms with E-state index in [9.17, 15) is 8.00 Å². The van der Waals surface area contributed by atoms with Gasteiger partial charge >= 0.3 is 164 Å². The van der Waals surface area contributed by atoms with Crippen molar-refractivity contribution in [3.05, 3.63) is 81.4 Å². The standard InChI is InChI=1S/C18H13ClIO5P/c19-13-9-11-14(12-10-13)20(21)25-26(22)23-17-7-3-1-5-15(17)16-6-2-4-8-18(16)24-26/h1-12,21H. The van der Waals surface area contributed by atoms with E-state index in [0.717, 1.165) is 11.1 Å². The Hall–Kier alpha value is -1.57. The van der Waals surface area contributed by atoms with Crippen LogP contribution in [0.4, 0.5) is 0 Å². The summed E-state index contributed by atoms with van der Waals surface area (Å²) < 4.78 is 40.9. The summed E-state index contributed by atoms with van der Waals surface area (Å²) in [6, 6.07) is 20.9. The van der Waals surface area contributed by atoms with Gasteiger partial charge in [0.25, 0.3) is 0 Å². The molecule has 0 unspecified atom stereocenters. The van der Waals surface area contributed by atoms with E-state index < -0.39 is 28.5 Å². The van der Waals surface area contributed by atoms with Gasteiger partial charge in [-0.1, -0.05) is 0 Å². The minimum absolute atomic E-state index is 0.376. The molecule has 8 heteroatoms. The SMILES string of the molecule is O=P1(OI(O)c2ccc(Cl)cc2)Oc2ccccc2-c2ccccc2O1. The van der Waals surface area contributed by atoms with Crippen molar-refractivity contribution in [2.75, 3.05) is 0 Å². The second-order valence-corrected chi connectivity index (χ2v) is 10.9. The number of benzene rings is 3. The average molecular weight is 503 g/mol. The minimum atomic E-state index is -4.07. The van der Waals surface area contributed by atoms with Crippen molar-refractivity contribution in [1.29, 1.82) is 0 Å². The van der Waals surface area contributed by atoms with Crippen LogP contribution in [0.3, 0.4) is 0 Å². The number of phosphoric acid groups is 1. The Morgan fingerprint density at radius 1 is 0.846 bits per heavy atom. The van der Waals surface area contributed by atoms with Crippen LogP contribution in [-0.2, 0) is 7.42 Å². The molecule has 0 fully saturated rings. The van der Waals surface area contributed by atoms with Crippen LogP contribution in [0, 0.1) is 3.57 Å². The number of phosphoric ester groups is 1. The first kappa shape index (κ1) is 17.8. The second kappa shape index (κ2) is 7.21. The van der Waals surface area contributed by atoms with E-state index in [1.165, 1.54) is 0 Å². The Bertz CT molecular complexity index is 943. The number of halogens is 2. The van der Waals surface area contributed by atoms with Gasteiger partial charge in [0.1, 0.15) is 0 Å². The van der Waals surface area contributed by atoms with Crippen LogP contribution in [-0.4, -0.2) is 3.44 Å². The molecule has 0 spiro atoms. The Labute approximate surface area is 163 Å². The summed E-state index contributed by atoms with van der Waals surface area (Å²) in [5, 5.41) is 0.537. The molecule has 0 atom stereocenters. The fourth-order valence-electron chi connectivity index (χ4n) is 2.48. The zero-order valence-electron chi connectivity index (χ0n) is 13.2. The van der Waals surface area contributed by atoms with Gasteiger partial charge in [0.05, 0.1) is 0 Å². The summed E-state index contributed by atoms with van der Waals surface area (Å²) in [7, 11) is -4.07. The van der Waals surface area contributed by atoms with Crippen molar-refractivity contribution in [2.24, 2.45) is 0 Å². The molecule has 1 heterocycles. The van der Waals surface area contributed by atoms with E-state index in [1.807, 2.05) is 24.3 Å². The van der Waals surface area contributed by atoms with Gasteiger partial charge in [-0.2, -0.15) is 0 Å². The molecule has 0 saturated heterocycles. The molecule has 0 bridgehead atoms. The van der Waals surface area contributed by atoms with Gasteiger partial charge in [-0.25, -0.2) is 0 Å². The predicted molar refractivity (Wildman–Crippen MR) is 108 cm³/mol. The number of fused-ring (bicyclic) bond motifs is 3. The van der Waals surface area contributed by atoms with Gasteiger partial charge < -0.3 is 0 Å². The Balaban J connectivity index is 1.71. The number of hydrogen-bond donors (Lipinski definition) is 1. The van der Waals surface area contributed by atoms with Crippen molar-refractivity contribution in [1.82, 2.24) is 0 Å². The molecule has 0 saturated carbocycles. The summed E-state index contributed by atoms with van der Waals surface area (Å²) in [5.74, 6) is 0.752. The topological polar surface area (TPSA) is 65.0 Å². The average Bonchev–Trinajstić information content (AvgIpc) is 2.75. The quantitative estimate of drug-likeness (QED) is 0.346. The summed E-state index contributed by atoms with van der Waals surface area (Å²) in [5.41, 5.74) is 1.49. The Morgan fingerprint density at radius 2 is 1.35 bits per heavy atom. The Kier molecular flexibility index (Phi) is 4.94. The third-order valence-corrected chi connectivity index (χ3v) is 9.37. The van der Waals surface area contributed by atoms with Crippen LogP contribution < -0.4 is 9.05 Å². The molecule has 1 aliphatic heterocycles. The van der Waals surface area contributed by atoms with Crippen molar-refractivity contribution in [2.45, 2.75) is 0 Å². The summed E-state index contributed by atoms with van der Waals surface area (Å²) >= 11 is 2.62. The van der Waals surface area contributed by atoms with Crippen molar-refractivity contribution < 1.29 is 19.9 Å². The van der Waals surface area contributed by atoms with Crippen LogP contribution >= 0.6 is 40.1 Å². The van der Waals surface area contributed by atoms with E-state index >= 15 is 0 Å². The van der Waals surface area contributed by atoms with E-state index in [1.54, 1.807) is 48.5 Å². The van der Waals surface area contributed by atoms with E-state index in [4.69, 9.17) is 23.5 Å². The molecular formula is C18H13ClIO5P. The van der Waals surface area contributed by atoms with E-state index in [-0.39, 0.29) is 0 Å². The van der Waals surface area contributed by atoms with Crippen LogP contribution in [0.15, 0.2) is 72.8 Å². The fourth-order valence-corrected chi connectivity index (χ4v) is 7.25. The number of para-hydroxylation sites is 2. The molecule has 3 aromatic carbocycles. The summed E-state index contributed by atoms with van der Waals surface area (Å²) in [6.45, 7) is 0. The fraction of sp³-hybridized carbons (Fsp3) is 0. The molecule has 134 valence electrons. The molecule has 1 aliphatic rings. The molecule has 3 aromatic rings. The van der Waals surface area contributed by atoms with Crippen LogP contribution in [0.25, 0.3) is 11.1 Å². The molecule has 0 aromatic heterocycles. The third-order valence-electron chi connectivity index (χ3n) is 3.62. The monoisotopic (exact) mass is 502 g/mol. The molecule has 1 N–H and O–H groups in total. The maximum absolute atomic E-state index is 13.2. The molecule has 0 radical (unpaired) electrons. The summed E-state index contributed by atoms with van der Waals surface area (Å²) in [4.78, 5) is 0. The van der Waals surface area contributed by atoms with Crippen molar-refractivity contribution in [3.8, 4) is 22.6 Å². The van der Waals surface area contributed by atoms with Crippen molar-refractivity contribution >= 4 is 40.1 Å². The van der Waals surface area contributed by atoms with E-state index in [0.29, 0.717) is 20.1 Å². The van der Waals surface area contributed by atoms with Crippen LogP contribution in [0.2, 0.25) is 5.02 Å². The molecule has 5 nitrogen and oxygen atoms in total. The van der Waals surface area contributed by atoms with Gasteiger partial charge in [-0.15, -0.1) is 0 Å². The maximum atomic E-state index is 13.2. The number of rotatable bonds is 3. The van der Waals surface area contributed by atoms with Crippen molar-refractivity contribution in [3.63, 3.8) is 0 Å². The van der Waals surface area contributed by atoms with Gasteiger partial charge in [0.2, 0.25) is 0 Å². The first-order valence-corrected chi connectivity index (χ1v) is 12.3. The zero-order valence-corrected chi connectivity index (χ0v) is 17.0. The molecule has 26 heavy (non-hydrogen) atoms. The van der Waals surface area contributed by atoms with Crippen LogP contribution in [0.1, 0.15) is 0 Å². The molecule has 4 rings (SSSR count). The van der Waals surface area contributed by atoms with E-state index in [2.05, 4.69) is 0 Å². The third kappa shape index (κ3) is 3.61. The van der Waals surface area contributed by atoms with Gasteiger partial charge in [-0.3, -0.25) is 0 Å². The zero-order chi connectivity index (χ0) is 18.1.